The Morgan fingerprint density at radius 1 is 1.46 bits per heavy atom. The lowest BCUT2D eigenvalue weighted by atomic mass is 9.87. The van der Waals surface area contributed by atoms with E-state index in [1.807, 2.05) is 0 Å². The molecule has 1 saturated heterocycles. The lowest BCUT2D eigenvalue weighted by Crippen LogP contribution is -2.49. The molecule has 1 atom stereocenters. The number of rotatable bonds is 0. The molecule has 2 aliphatic rings. The standard InChI is InChI=1S/C9H12O4/c10-7-1-2-8(11)13-9(7)3-5-12-6-4-9/h1-2,8,11H,3-6H2. The van der Waals surface area contributed by atoms with E-state index in [9.17, 15) is 9.90 Å². The fourth-order valence-corrected chi connectivity index (χ4v) is 1.72. The molecule has 4 nitrogen and oxygen atoms in total. The number of ketones is 1. The van der Waals surface area contributed by atoms with Gasteiger partial charge in [0.25, 0.3) is 0 Å². The second-order valence-electron chi connectivity index (χ2n) is 3.34. The number of aliphatic hydroxyl groups is 1. The molecule has 0 bridgehead atoms. The topological polar surface area (TPSA) is 55.8 Å². The van der Waals surface area contributed by atoms with Crippen molar-refractivity contribution in [2.75, 3.05) is 13.2 Å². The highest BCUT2D eigenvalue weighted by Crippen LogP contribution is 2.30. The van der Waals surface area contributed by atoms with Crippen LogP contribution in [0, 0.1) is 0 Å². The number of hydrogen-bond donors (Lipinski definition) is 1. The van der Waals surface area contributed by atoms with E-state index < -0.39 is 11.9 Å². The number of carbonyl (C=O) groups is 1. The smallest absolute Gasteiger partial charge is 0.187 e. The average molecular weight is 184 g/mol. The van der Waals surface area contributed by atoms with E-state index >= 15 is 0 Å². The molecule has 0 aromatic rings. The normalized spacial score (nSPS) is 32.4. The van der Waals surface area contributed by atoms with E-state index in [1.165, 1.54) is 12.2 Å². The van der Waals surface area contributed by atoms with E-state index in [0.29, 0.717) is 26.1 Å². The first-order valence-corrected chi connectivity index (χ1v) is 4.39. The molecule has 1 unspecified atom stereocenters. The molecule has 4 heteroatoms. The summed E-state index contributed by atoms with van der Waals surface area (Å²) in [7, 11) is 0. The summed E-state index contributed by atoms with van der Waals surface area (Å²) in [5.41, 5.74) is -0.813. The molecular weight excluding hydrogens is 172 g/mol. The largest absolute Gasteiger partial charge is 0.381 e. The monoisotopic (exact) mass is 184 g/mol. The van der Waals surface area contributed by atoms with Crippen molar-refractivity contribution in [3.8, 4) is 0 Å². The van der Waals surface area contributed by atoms with E-state index in [2.05, 4.69) is 0 Å². The molecule has 0 aromatic heterocycles. The summed E-state index contributed by atoms with van der Waals surface area (Å²) in [6.07, 6.45) is 2.89. The summed E-state index contributed by atoms with van der Waals surface area (Å²) in [6.45, 7) is 1.04. The molecule has 2 heterocycles. The van der Waals surface area contributed by atoms with Crippen LogP contribution in [0.25, 0.3) is 0 Å². The summed E-state index contributed by atoms with van der Waals surface area (Å²) < 4.78 is 10.4. The Bertz CT molecular complexity index is 240. The Hall–Kier alpha value is -0.710. The zero-order chi connectivity index (χ0) is 9.31. The van der Waals surface area contributed by atoms with Crippen molar-refractivity contribution >= 4 is 5.78 Å². The number of hydrogen-bond acceptors (Lipinski definition) is 4. The van der Waals surface area contributed by atoms with Gasteiger partial charge >= 0.3 is 0 Å². The highest BCUT2D eigenvalue weighted by atomic mass is 16.6. The maximum Gasteiger partial charge on any atom is 0.187 e. The van der Waals surface area contributed by atoms with E-state index in [-0.39, 0.29) is 5.78 Å². The van der Waals surface area contributed by atoms with Crippen molar-refractivity contribution in [1.82, 2.24) is 0 Å². The van der Waals surface area contributed by atoms with Crippen molar-refractivity contribution in [3.63, 3.8) is 0 Å². The third-order valence-corrected chi connectivity index (χ3v) is 2.51. The summed E-state index contributed by atoms with van der Waals surface area (Å²) >= 11 is 0. The number of aliphatic hydroxyl groups excluding tert-OH is 1. The molecule has 0 amide bonds. The molecule has 72 valence electrons. The second-order valence-corrected chi connectivity index (χ2v) is 3.34. The van der Waals surface area contributed by atoms with Gasteiger partial charge in [0.15, 0.2) is 12.1 Å². The molecule has 0 saturated carbocycles. The molecule has 13 heavy (non-hydrogen) atoms. The van der Waals surface area contributed by atoms with Gasteiger partial charge in [-0.15, -0.1) is 0 Å². The zero-order valence-electron chi connectivity index (χ0n) is 7.23. The number of ether oxygens (including phenoxy) is 2. The van der Waals surface area contributed by atoms with Crippen LogP contribution in [-0.4, -0.2) is 36.0 Å². The van der Waals surface area contributed by atoms with Gasteiger partial charge in [-0.2, -0.15) is 0 Å². The SMILES string of the molecule is O=C1C=CC(O)OC12CCOCC2. The van der Waals surface area contributed by atoms with Gasteiger partial charge in [-0.1, -0.05) is 0 Å². The highest BCUT2D eigenvalue weighted by Gasteiger charge is 2.43. The molecule has 0 radical (unpaired) electrons. The van der Waals surface area contributed by atoms with E-state index in [4.69, 9.17) is 9.47 Å². The van der Waals surface area contributed by atoms with Gasteiger partial charge < -0.3 is 14.6 Å². The molecule has 1 N–H and O–H groups in total. The van der Waals surface area contributed by atoms with Crippen LogP contribution in [0.4, 0.5) is 0 Å². The average Bonchev–Trinajstić information content (AvgIpc) is 2.14. The van der Waals surface area contributed by atoms with Gasteiger partial charge in [0.1, 0.15) is 5.60 Å². The molecular formula is C9H12O4. The van der Waals surface area contributed by atoms with Crippen molar-refractivity contribution in [1.29, 1.82) is 0 Å². The third kappa shape index (κ3) is 1.52. The third-order valence-electron chi connectivity index (χ3n) is 2.51. The molecule has 1 fully saturated rings. The summed E-state index contributed by atoms with van der Waals surface area (Å²) in [5.74, 6) is -0.0545. The summed E-state index contributed by atoms with van der Waals surface area (Å²) in [6, 6.07) is 0. The van der Waals surface area contributed by atoms with Crippen LogP contribution >= 0.6 is 0 Å². The zero-order valence-corrected chi connectivity index (χ0v) is 7.23. The first kappa shape index (κ1) is 8.87. The molecule has 0 aromatic carbocycles. The fourth-order valence-electron chi connectivity index (χ4n) is 1.72. The van der Waals surface area contributed by atoms with Crippen molar-refractivity contribution in [2.24, 2.45) is 0 Å². The first-order valence-electron chi connectivity index (χ1n) is 4.39. The molecule has 0 aliphatic carbocycles. The van der Waals surface area contributed by atoms with Gasteiger partial charge in [-0.3, -0.25) is 4.79 Å². The quantitative estimate of drug-likeness (QED) is 0.576. The van der Waals surface area contributed by atoms with Gasteiger partial charge in [0.2, 0.25) is 0 Å². The Morgan fingerprint density at radius 2 is 2.15 bits per heavy atom. The fraction of sp³-hybridized carbons (Fsp3) is 0.667. The molecule has 2 aliphatic heterocycles. The van der Waals surface area contributed by atoms with Crippen molar-refractivity contribution in [3.05, 3.63) is 12.2 Å². The van der Waals surface area contributed by atoms with E-state index in [1.54, 1.807) is 0 Å². The number of carbonyl (C=O) groups excluding carboxylic acids is 1. The minimum absolute atomic E-state index is 0.0545. The van der Waals surface area contributed by atoms with Crippen LogP contribution in [0.1, 0.15) is 12.8 Å². The maximum absolute atomic E-state index is 11.5. The van der Waals surface area contributed by atoms with Crippen LogP contribution < -0.4 is 0 Å². The van der Waals surface area contributed by atoms with E-state index in [0.717, 1.165) is 0 Å². The summed E-state index contributed by atoms with van der Waals surface area (Å²) in [5, 5.41) is 9.24. The van der Waals surface area contributed by atoms with Gasteiger partial charge in [-0.25, -0.2) is 0 Å². The second kappa shape index (κ2) is 3.21. The van der Waals surface area contributed by atoms with Crippen LogP contribution in [0.5, 0.6) is 0 Å². The highest BCUT2D eigenvalue weighted by molar-refractivity contribution is 5.97. The minimum atomic E-state index is -0.948. The van der Waals surface area contributed by atoms with Gasteiger partial charge in [0, 0.05) is 26.1 Å². The predicted molar refractivity (Wildman–Crippen MR) is 44.0 cm³/mol. The lowest BCUT2D eigenvalue weighted by molar-refractivity contribution is -0.197. The van der Waals surface area contributed by atoms with Crippen molar-refractivity contribution in [2.45, 2.75) is 24.7 Å². The van der Waals surface area contributed by atoms with Crippen molar-refractivity contribution < 1.29 is 19.4 Å². The minimum Gasteiger partial charge on any atom is -0.381 e. The first-order chi connectivity index (χ1) is 6.23. The Morgan fingerprint density at radius 3 is 2.85 bits per heavy atom. The Kier molecular flexibility index (Phi) is 2.19. The van der Waals surface area contributed by atoms with Crippen LogP contribution in [0.3, 0.4) is 0 Å². The molecule has 2 rings (SSSR count). The Labute approximate surface area is 76.1 Å². The maximum atomic E-state index is 11.5. The van der Waals surface area contributed by atoms with Crippen LogP contribution in [0.15, 0.2) is 12.2 Å². The Balaban J connectivity index is 2.19. The lowest BCUT2D eigenvalue weighted by Gasteiger charge is -2.37. The van der Waals surface area contributed by atoms with Gasteiger partial charge in [-0.05, 0) is 12.2 Å². The predicted octanol–water partition coefficient (Wildman–Crippen LogP) is 0.00950. The van der Waals surface area contributed by atoms with Crippen LogP contribution in [0.2, 0.25) is 0 Å². The molecule has 1 spiro atoms. The summed E-state index contributed by atoms with van der Waals surface area (Å²) in [4.78, 5) is 11.5. The van der Waals surface area contributed by atoms with Gasteiger partial charge in [0.05, 0.1) is 0 Å². The van der Waals surface area contributed by atoms with Crippen LogP contribution in [-0.2, 0) is 14.3 Å².